The van der Waals surface area contributed by atoms with Crippen molar-refractivity contribution in [1.82, 2.24) is 0 Å². The largest absolute Gasteiger partial charge is 2.00 e. The van der Waals surface area contributed by atoms with Gasteiger partial charge in [0.2, 0.25) is 0 Å². The van der Waals surface area contributed by atoms with Crippen LogP contribution in [-0.2, 0) is 17.1 Å². The zero-order valence-electron chi connectivity index (χ0n) is 9.82. The van der Waals surface area contributed by atoms with Crippen molar-refractivity contribution >= 4 is 20.6 Å². The van der Waals surface area contributed by atoms with Gasteiger partial charge in [-0.1, -0.05) is 0 Å². The fourth-order valence-corrected chi connectivity index (χ4v) is 1.62. The van der Waals surface area contributed by atoms with Crippen LogP contribution in [0.1, 0.15) is 13.3 Å². The van der Waals surface area contributed by atoms with Gasteiger partial charge in [0.25, 0.3) is 0 Å². The average molecular weight is 333 g/mol. The fraction of sp³-hybridized carbons (Fsp3) is 0.214. The molecule has 0 atom stereocenters. The van der Waals surface area contributed by atoms with Gasteiger partial charge in [0.15, 0.2) is 0 Å². The molecule has 2 fully saturated rings. The smallest absolute Gasteiger partial charge is 0.0312 e. The van der Waals surface area contributed by atoms with Crippen molar-refractivity contribution in [3.63, 3.8) is 0 Å². The number of nitrogens with zero attached hydrogens (tertiary/aromatic N) is 1. The van der Waals surface area contributed by atoms with Gasteiger partial charge >= 0.3 is 94.2 Å². The zero-order valence-corrected chi connectivity index (χ0v) is 12.6. The number of rotatable bonds is 3. The molecule has 0 amide bonds. The normalized spacial score (nSPS) is 20.6. The minimum Gasteiger partial charge on any atom is -0.0312 e. The molecule has 0 heterocycles. The Morgan fingerprint density at radius 3 is 1.88 bits per heavy atom. The van der Waals surface area contributed by atoms with Crippen molar-refractivity contribution in [3.05, 3.63) is 63.7 Å². The van der Waals surface area contributed by atoms with E-state index in [1.54, 1.807) is 0 Å². The van der Waals surface area contributed by atoms with Gasteiger partial charge in [-0.3, -0.25) is 0 Å². The Balaban J connectivity index is 0.000000360. The molecule has 0 saturated heterocycles. The van der Waals surface area contributed by atoms with Gasteiger partial charge < -0.3 is 0 Å². The zero-order chi connectivity index (χ0) is 11.6. The van der Waals surface area contributed by atoms with Crippen molar-refractivity contribution in [2.24, 2.45) is 4.99 Å². The van der Waals surface area contributed by atoms with Crippen LogP contribution in [0.15, 0.2) is 4.99 Å². The number of hydrogen-bond acceptors (Lipinski definition) is 1. The maximum absolute atomic E-state index is 4.35. The van der Waals surface area contributed by atoms with Crippen molar-refractivity contribution in [2.75, 3.05) is 6.54 Å². The Morgan fingerprint density at radius 2 is 1.47 bits per heavy atom. The van der Waals surface area contributed by atoms with E-state index in [0.29, 0.717) is 0 Å². The molecule has 1 nitrogen and oxygen atoms in total. The summed E-state index contributed by atoms with van der Waals surface area (Å²) in [5.41, 5.74) is 0. The Labute approximate surface area is 126 Å². The molecule has 0 aromatic heterocycles. The van der Waals surface area contributed by atoms with E-state index in [-0.39, 0.29) is 17.1 Å². The number of aliphatic imine (C=N–C) groups is 1. The summed E-state index contributed by atoms with van der Waals surface area (Å²) in [5, 5.41) is 0. The second-order valence-electron chi connectivity index (χ2n) is 3.32. The van der Waals surface area contributed by atoms with Crippen LogP contribution in [0.3, 0.4) is 0 Å². The molecule has 0 unspecified atom stereocenters. The summed E-state index contributed by atoms with van der Waals surface area (Å²) in [5.74, 6) is 1.19. The van der Waals surface area contributed by atoms with Crippen LogP contribution in [-0.4, -0.2) is 27.2 Å². The monoisotopic (exact) mass is 334 g/mol. The maximum atomic E-state index is 4.35. The molecule has 0 spiro atoms. The van der Waals surface area contributed by atoms with Crippen molar-refractivity contribution in [3.8, 4) is 0 Å². The van der Waals surface area contributed by atoms with Crippen LogP contribution in [0, 0.1) is 63.7 Å². The summed E-state index contributed by atoms with van der Waals surface area (Å²) in [7, 11) is 0. The van der Waals surface area contributed by atoms with Gasteiger partial charge in [0.1, 0.15) is 0 Å². The molecular formula is C14H16FeNSe+2. The third-order valence-electron chi connectivity index (χ3n) is 1.94. The Morgan fingerprint density at radius 1 is 1.00 bits per heavy atom. The van der Waals surface area contributed by atoms with Crippen molar-refractivity contribution in [2.45, 2.75) is 13.3 Å². The summed E-state index contributed by atoms with van der Waals surface area (Å²) < 4.78 is 1.02. The third-order valence-corrected chi connectivity index (χ3v) is 2.71. The van der Waals surface area contributed by atoms with Crippen LogP contribution in [0.4, 0.5) is 0 Å². The van der Waals surface area contributed by atoms with Gasteiger partial charge in [-0.15, -0.1) is 0 Å². The van der Waals surface area contributed by atoms with E-state index in [0.717, 1.165) is 17.6 Å². The molecule has 0 aromatic carbocycles. The van der Waals surface area contributed by atoms with Crippen LogP contribution < -0.4 is 0 Å². The fourth-order valence-electron chi connectivity index (χ4n) is 1.14. The predicted molar refractivity (Wildman–Crippen MR) is 70.3 cm³/mol. The summed E-state index contributed by atoms with van der Waals surface area (Å²) in [6.07, 6.45) is 19.3. The second kappa shape index (κ2) is 11.8. The molecule has 3 heteroatoms. The first kappa shape index (κ1) is 17.7. The quantitative estimate of drug-likeness (QED) is 0.556. The first-order chi connectivity index (χ1) is 7.84. The van der Waals surface area contributed by atoms with E-state index in [9.17, 15) is 0 Å². The first-order valence-corrected chi connectivity index (χ1v) is 6.30. The van der Waals surface area contributed by atoms with E-state index in [1.165, 1.54) is 5.92 Å². The molecule has 0 aromatic rings. The van der Waals surface area contributed by atoms with Crippen LogP contribution >= 0.6 is 0 Å². The summed E-state index contributed by atoms with van der Waals surface area (Å²) in [4.78, 5) is 4.35. The van der Waals surface area contributed by atoms with Gasteiger partial charge in [-0.25, -0.2) is 0 Å². The summed E-state index contributed by atoms with van der Waals surface area (Å²) in [6, 6.07) is 0. The molecule has 2 aliphatic rings. The molecular weight excluding hydrogens is 317 g/mol. The average Bonchev–Trinajstić information content (AvgIpc) is 2.98. The van der Waals surface area contributed by atoms with E-state index in [2.05, 4.69) is 40.8 Å². The second-order valence-corrected chi connectivity index (χ2v) is 4.13. The molecule has 0 aliphatic heterocycles. The van der Waals surface area contributed by atoms with Crippen LogP contribution in [0.5, 0.6) is 0 Å². The molecule has 2 rings (SSSR count). The molecule has 0 N–H and O–H groups in total. The van der Waals surface area contributed by atoms with Crippen LogP contribution in [0.25, 0.3) is 0 Å². The molecule has 17 heavy (non-hydrogen) atoms. The van der Waals surface area contributed by atoms with E-state index >= 15 is 0 Å². The van der Waals surface area contributed by atoms with Crippen molar-refractivity contribution < 1.29 is 17.1 Å². The van der Waals surface area contributed by atoms with E-state index in [1.807, 2.05) is 44.9 Å². The SMILES string of the molecule is CCCN=C([Se])[C]1[CH][CH][CH][CH]1.[CH]1[CH][CH][CH][CH]1.[Fe+2]. The van der Waals surface area contributed by atoms with Gasteiger partial charge in [-0.2, -0.15) is 0 Å². The molecule has 0 bridgehead atoms. The molecule has 89 valence electrons. The van der Waals surface area contributed by atoms with Crippen LogP contribution in [0.2, 0.25) is 0 Å². The minimum absolute atomic E-state index is 0. The summed E-state index contributed by atoms with van der Waals surface area (Å²) >= 11 is 2.96. The third kappa shape index (κ3) is 8.43. The number of hydrogen-bond donors (Lipinski definition) is 0. The van der Waals surface area contributed by atoms with Gasteiger partial charge in [0.05, 0.1) is 0 Å². The predicted octanol–water partition coefficient (Wildman–Crippen LogP) is 2.39. The topological polar surface area (TPSA) is 12.4 Å². The van der Waals surface area contributed by atoms with E-state index in [4.69, 9.17) is 0 Å². The first-order valence-electron chi connectivity index (χ1n) is 5.45. The van der Waals surface area contributed by atoms with Gasteiger partial charge in [-0.05, 0) is 32.1 Å². The Bertz CT molecular complexity index is 189. The maximum Gasteiger partial charge on any atom is 2.00 e. The standard InChI is InChI=1S/C9H11NSe.C5H5.Fe/c1-2-7-10-9(11)8-5-3-4-6-8;1-2-4-5-3-1;/h3-6H,2,7H2,1H3;1-5H;/q;;+2. The van der Waals surface area contributed by atoms with E-state index < -0.39 is 0 Å². The molecule has 2 aliphatic carbocycles. The minimum atomic E-state index is 0. The Kier molecular flexibility index (Phi) is 12.3. The molecule has 11 radical (unpaired) electrons. The van der Waals surface area contributed by atoms with Crippen molar-refractivity contribution in [1.29, 1.82) is 0 Å². The van der Waals surface area contributed by atoms with Gasteiger partial charge in [0, 0.05) is 0 Å². The molecule has 2 saturated carbocycles. The Hall–Kier alpha value is 0.709. The summed E-state index contributed by atoms with van der Waals surface area (Å²) in [6.45, 7) is 3.04.